The molecule has 1 amide bonds. The van der Waals surface area contributed by atoms with Crippen molar-refractivity contribution in [2.45, 2.75) is 45.1 Å². The van der Waals surface area contributed by atoms with E-state index in [2.05, 4.69) is 12.2 Å². The third kappa shape index (κ3) is 5.04. The smallest absolute Gasteiger partial charge is 0.239 e. The van der Waals surface area contributed by atoms with Crippen LogP contribution in [-0.2, 0) is 9.53 Å². The number of carbonyl (C=O) groups excluding carboxylic acids is 1. The highest BCUT2D eigenvalue weighted by Gasteiger charge is 2.27. The molecule has 1 aliphatic rings. The summed E-state index contributed by atoms with van der Waals surface area (Å²) >= 11 is 0. The molecule has 0 saturated carbocycles. The number of nitrogens with zero attached hydrogens (tertiary/aromatic N) is 1. The van der Waals surface area contributed by atoms with Crippen molar-refractivity contribution in [3.63, 3.8) is 0 Å². The fourth-order valence-electron chi connectivity index (χ4n) is 2.22. The SMILES string of the molecule is CCCNC1CCCN(CCCCOC)C1=O. The van der Waals surface area contributed by atoms with Gasteiger partial charge in [0.1, 0.15) is 0 Å². The van der Waals surface area contributed by atoms with Crippen LogP contribution in [0.25, 0.3) is 0 Å². The molecule has 1 rings (SSSR count). The summed E-state index contributed by atoms with van der Waals surface area (Å²) in [6.07, 6.45) is 5.27. The fraction of sp³-hybridized carbons (Fsp3) is 0.923. The normalized spacial score (nSPS) is 20.9. The highest BCUT2D eigenvalue weighted by Crippen LogP contribution is 2.12. The summed E-state index contributed by atoms with van der Waals surface area (Å²) in [5.41, 5.74) is 0. The van der Waals surface area contributed by atoms with Gasteiger partial charge in [0.2, 0.25) is 5.91 Å². The van der Waals surface area contributed by atoms with Crippen LogP contribution < -0.4 is 5.32 Å². The molecule has 0 spiro atoms. The Hall–Kier alpha value is -0.610. The van der Waals surface area contributed by atoms with E-state index in [9.17, 15) is 4.79 Å². The van der Waals surface area contributed by atoms with E-state index in [1.165, 1.54) is 0 Å². The van der Waals surface area contributed by atoms with Gasteiger partial charge in [-0.2, -0.15) is 0 Å². The molecule has 1 fully saturated rings. The van der Waals surface area contributed by atoms with Gasteiger partial charge in [0.25, 0.3) is 0 Å². The van der Waals surface area contributed by atoms with Gasteiger partial charge in [-0.1, -0.05) is 6.92 Å². The van der Waals surface area contributed by atoms with Crippen LogP contribution in [0.3, 0.4) is 0 Å². The van der Waals surface area contributed by atoms with Gasteiger partial charge in [0.15, 0.2) is 0 Å². The lowest BCUT2D eigenvalue weighted by atomic mass is 10.0. The van der Waals surface area contributed by atoms with E-state index >= 15 is 0 Å². The molecule has 1 N–H and O–H groups in total. The van der Waals surface area contributed by atoms with Crippen molar-refractivity contribution < 1.29 is 9.53 Å². The zero-order valence-electron chi connectivity index (χ0n) is 11.2. The fourth-order valence-corrected chi connectivity index (χ4v) is 2.22. The van der Waals surface area contributed by atoms with Crippen molar-refractivity contribution in [1.82, 2.24) is 10.2 Å². The van der Waals surface area contributed by atoms with Crippen LogP contribution >= 0.6 is 0 Å². The Bertz CT molecular complexity index is 221. The highest BCUT2D eigenvalue weighted by molar-refractivity contribution is 5.82. The Morgan fingerprint density at radius 2 is 2.29 bits per heavy atom. The molecule has 4 nitrogen and oxygen atoms in total. The molecule has 17 heavy (non-hydrogen) atoms. The first-order chi connectivity index (χ1) is 8.29. The van der Waals surface area contributed by atoms with Crippen molar-refractivity contribution in [3.8, 4) is 0 Å². The zero-order valence-corrected chi connectivity index (χ0v) is 11.2. The molecule has 0 radical (unpaired) electrons. The Morgan fingerprint density at radius 1 is 1.47 bits per heavy atom. The minimum atomic E-state index is 0.0612. The molecule has 1 saturated heterocycles. The summed E-state index contributed by atoms with van der Waals surface area (Å²) in [5.74, 6) is 0.294. The topological polar surface area (TPSA) is 41.6 Å². The molecule has 4 heteroatoms. The number of ether oxygens (including phenoxy) is 1. The van der Waals surface area contributed by atoms with E-state index < -0.39 is 0 Å². The van der Waals surface area contributed by atoms with Crippen molar-refractivity contribution in [1.29, 1.82) is 0 Å². The predicted molar refractivity (Wildman–Crippen MR) is 69.0 cm³/mol. The molecule has 1 heterocycles. The van der Waals surface area contributed by atoms with Gasteiger partial charge in [-0.3, -0.25) is 4.79 Å². The number of rotatable bonds is 8. The molecular weight excluding hydrogens is 216 g/mol. The molecular formula is C13H26N2O2. The van der Waals surface area contributed by atoms with E-state index in [1.54, 1.807) is 7.11 Å². The summed E-state index contributed by atoms with van der Waals surface area (Å²) in [5, 5.41) is 3.34. The van der Waals surface area contributed by atoms with E-state index in [1.807, 2.05) is 4.90 Å². The Kier molecular flexibility index (Phi) is 7.21. The van der Waals surface area contributed by atoms with E-state index in [4.69, 9.17) is 4.74 Å². The molecule has 0 aromatic carbocycles. The second-order valence-corrected chi connectivity index (χ2v) is 4.67. The molecule has 0 aromatic rings. The summed E-state index contributed by atoms with van der Waals surface area (Å²) in [6.45, 7) is 5.67. The lowest BCUT2D eigenvalue weighted by Gasteiger charge is -2.32. The first-order valence-electron chi connectivity index (χ1n) is 6.80. The Balaban J connectivity index is 2.26. The predicted octanol–water partition coefficient (Wildman–Crippen LogP) is 1.40. The average Bonchev–Trinajstić information content (AvgIpc) is 2.35. The van der Waals surface area contributed by atoms with Gasteiger partial charge >= 0.3 is 0 Å². The third-order valence-electron chi connectivity index (χ3n) is 3.20. The number of methoxy groups -OCH3 is 1. The maximum atomic E-state index is 12.1. The lowest BCUT2D eigenvalue weighted by Crippen LogP contribution is -2.51. The minimum absolute atomic E-state index is 0.0612. The zero-order chi connectivity index (χ0) is 12.5. The van der Waals surface area contributed by atoms with Gasteiger partial charge < -0.3 is 15.0 Å². The van der Waals surface area contributed by atoms with Crippen LogP contribution in [0.5, 0.6) is 0 Å². The van der Waals surface area contributed by atoms with Crippen LogP contribution in [0.1, 0.15) is 39.0 Å². The second kappa shape index (κ2) is 8.48. The maximum absolute atomic E-state index is 12.1. The standard InChI is InChI=1S/C13H26N2O2/c1-3-8-14-12-7-6-10-15(13(12)16)9-4-5-11-17-2/h12,14H,3-11H2,1-2H3. The van der Waals surface area contributed by atoms with E-state index in [0.29, 0.717) is 5.91 Å². The van der Waals surface area contributed by atoms with Gasteiger partial charge in [-0.15, -0.1) is 0 Å². The van der Waals surface area contributed by atoms with Crippen LogP contribution in [0.4, 0.5) is 0 Å². The third-order valence-corrected chi connectivity index (χ3v) is 3.20. The van der Waals surface area contributed by atoms with Crippen LogP contribution in [-0.4, -0.2) is 50.2 Å². The molecule has 0 aliphatic carbocycles. The second-order valence-electron chi connectivity index (χ2n) is 4.67. The first kappa shape index (κ1) is 14.5. The van der Waals surface area contributed by atoms with Crippen molar-refractivity contribution in [2.75, 3.05) is 33.4 Å². The molecule has 1 aliphatic heterocycles. The first-order valence-corrected chi connectivity index (χ1v) is 6.80. The van der Waals surface area contributed by atoms with Gasteiger partial charge in [-0.05, 0) is 38.6 Å². The van der Waals surface area contributed by atoms with E-state index in [0.717, 1.165) is 58.3 Å². The maximum Gasteiger partial charge on any atom is 0.239 e. The van der Waals surface area contributed by atoms with Gasteiger partial charge in [0.05, 0.1) is 6.04 Å². The summed E-state index contributed by atoms with van der Waals surface area (Å²) in [6, 6.07) is 0.0612. The van der Waals surface area contributed by atoms with Crippen molar-refractivity contribution in [3.05, 3.63) is 0 Å². The number of hydrogen-bond acceptors (Lipinski definition) is 3. The molecule has 1 unspecified atom stereocenters. The lowest BCUT2D eigenvalue weighted by molar-refractivity contribution is -0.136. The van der Waals surface area contributed by atoms with Crippen LogP contribution in [0, 0.1) is 0 Å². The summed E-state index contributed by atoms with van der Waals surface area (Å²) < 4.78 is 5.02. The Labute approximate surface area is 105 Å². The number of nitrogens with one attached hydrogen (secondary N) is 1. The van der Waals surface area contributed by atoms with Crippen molar-refractivity contribution in [2.24, 2.45) is 0 Å². The number of likely N-dealkylation sites (tertiary alicyclic amines) is 1. The number of unbranched alkanes of at least 4 members (excludes halogenated alkanes) is 1. The van der Waals surface area contributed by atoms with Crippen LogP contribution in [0.2, 0.25) is 0 Å². The monoisotopic (exact) mass is 242 g/mol. The highest BCUT2D eigenvalue weighted by atomic mass is 16.5. The largest absolute Gasteiger partial charge is 0.385 e. The average molecular weight is 242 g/mol. The number of hydrogen-bond donors (Lipinski definition) is 1. The number of carbonyl (C=O) groups is 1. The van der Waals surface area contributed by atoms with E-state index in [-0.39, 0.29) is 6.04 Å². The molecule has 0 bridgehead atoms. The van der Waals surface area contributed by atoms with Crippen molar-refractivity contribution >= 4 is 5.91 Å². The number of piperidine rings is 1. The molecule has 0 aromatic heterocycles. The van der Waals surface area contributed by atoms with Crippen LogP contribution in [0.15, 0.2) is 0 Å². The summed E-state index contributed by atoms with van der Waals surface area (Å²) in [7, 11) is 1.72. The number of amides is 1. The minimum Gasteiger partial charge on any atom is -0.385 e. The molecule has 100 valence electrons. The Morgan fingerprint density at radius 3 is 3.00 bits per heavy atom. The quantitative estimate of drug-likeness (QED) is 0.654. The van der Waals surface area contributed by atoms with Gasteiger partial charge in [-0.25, -0.2) is 0 Å². The van der Waals surface area contributed by atoms with Gasteiger partial charge in [0, 0.05) is 26.8 Å². The summed E-state index contributed by atoms with van der Waals surface area (Å²) in [4.78, 5) is 14.1. The molecule has 1 atom stereocenters.